The summed E-state index contributed by atoms with van der Waals surface area (Å²) in [6.07, 6.45) is 0. The molecule has 0 aliphatic carbocycles. The highest BCUT2D eigenvalue weighted by Gasteiger charge is 2.32. The topological polar surface area (TPSA) is 50.9 Å². The number of aromatic nitrogens is 1. The number of hydrogen-bond donors (Lipinski definition) is 2. The van der Waals surface area contributed by atoms with Crippen LogP contribution in [0, 0.1) is 12.3 Å². The molecule has 0 aliphatic rings. The van der Waals surface area contributed by atoms with E-state index in [9.17, 15) is 0 Å². The molecule has 1 aromatic rings. The van der Waals surface area contributed by atoms with E-state index in [1.54, 1.807) is 11.3 Å². The second-order valence-corrected chi connectivity index (χ2v) is 6.53. The van der Waals surface area contributed by atoms with Crippen LogP contribution in [0.1, 0.15) is 38.4 Å². The SMILES string of the molecule is Cc1csc(CNCC(C)(C)C(C)(C)N)n1. The predicted molar refractivity (Wildman–Crippen MR) is 70.6 cm³/mol. The van der Waals surface area contributed by atoms with Crippen LogP contribution in [-0.2, 0) is 6.54 Å². The summed E-state index contributed by atoms with van der Waals surface area (Å²) in [5.74, 6) is 0. The van der Waals surface area contributed by atoms with Crippen molar-refractivity contribution >= 4 is 11.3 Å². The first-order chi connectivity index (χ1) is 7.22. The average molecular weight is 241 g/mol. The molecule has 0 unspecified atom stereocenters. The molecule has 16 heavy (non-hydrogen) atoms. The summed E-state index contributed by atoms with van der Waals surface area (Å²) >= 11 is 1.70. The molecule has 0 aromatic carbocycles. The standard InChI is InChI=1S/C12H23N3S/c1-9-7-16-10(15-9)6-14-8-11(2,3)12(4,5)13/h7,14H,6,8,13H2,1-5H3. The van der Waals surface area contributed by atoms with Crippen molar-refractivity contribution in [3.05, 3.63) is 16.1 Å². The zero-order chi connectivity index (χ0) is 12.4. The van der Waals surface area contributed by atoms with Gasteiger partial charge in [0.1, 0.15) is 5.01 Å². The third kappa shape index (κ3) is 3.54. The molecular weight excluding hydrogens is 218 g/mol. The van der Waals surface area contributed by atoms with Gasteiger partial charge in [-0.1, -0.05) is 13.8 Å². The van der Waals surface area contributed by atoms with E-state index < -0.39 is 0 Å². The maximum absolute atomic E-state index is 6.14. The van der Waals surface area contributed by atoms with Gasteiger partial charge in [0, 0.05) is 29.7 Å². The van der Waals surface area contributed by atoms with Gasteiger partial charge in [-0.25, -0.2) is 4.98 Å². The summed E-state index contributed by atoms with van der Waals surface area (Å²) in [6, 6.07) is 0. The third-order valence-corrected chi connectivity index (χ3v) is 4.22. The Morgan fingerprint density at radius 1 is 1.38 bits per heavy atom. The first-order valence-electron chi connectivity index (χ1n) is 5.63. The Kier molecular flexibility index (Phi) is 4.10. The van der Waals surface area contributed by atoms with E-state index in [4.69, 9.17) is 5.73 Å². The minimum absolute atomic E-state index is 0.0688. The Balaban J connectivity index is 2.41. The summed E-state index contributed by atoms with van der Waals surface area (Å²) in [5, 5.41) is 6.65. The van der Waals surface area contributed by atoms with E-state index in [1.165, 1.54) is 0 Å². The molecule has 3 nitrogen and oxygen atoms in total. The molecule has 0 amide bonds. The molecule has 1 rings (SSSR count). The van der Waals surface area contributed by atoms with Crippen LogP contribution < -0.4 is 11.1 Å². The predicted octanol–water partition coefficient (Wildman–Crippen LogP) is 2.30. The van der Waals surface area contributed by atoms with Crippen LogP contribution in [0.2, 0.25) is 0 Å². The first-order valence-corrected chi connectivity index (χ1v) is 6.51. The van der Waals surface area contributed by atoms with Crippen LogP contribution in [0.25, 0.3) is 0 Å². The van der Waals surface area contributed by atoms with E-state index in [0.29, 0.717) is 0 Å². The molecular formula is C12H23N3S. The molecule has 0 saturated heterocycles. The maximum atomic E-state index is 6.14. The lowest BCUT2D eigenvalue weighted by Gasteiger charge is -2.38. The Morgan fingerprint density at radius 3 is 2.44 bits per heavy atom. The van der Waals surface area contributed by atoms with Crippen molar-refractivity contribution in [2.45, 2.75) is 46.7 Å². The minimum atomic E-state index is -0.182. The monoisotopic (exact) mass is 241 g/mol. The van der Waals surface area contributed by atoms with E-state index >= 15 is 0 Å². The zero-order valence-corrected chi connectivity index (χ0v) is 11.7. The Bertz CT molecular complexity index is 336. The number of aryl methyl sites for hydroxylation is 1. The van der Waals surface area contributed by atoms with Crippen LogP contribution in [-0.4, -0.2) is 17.1 Å². The van der Waals surface area contributed by atoms with Gasteiger partial charge in [0.2, 0.25) is 0 Å². The molecule has 1 aromatic heterocycles. The molecule has 1 heterocycles. The van der Waals surface area contributed by atoms with Crippen molar-refractivity contribution in [2.24, 2.45) is 11.1 Å². The van der Waals surface area contributed by atoms with Crippen LogP contribution in [0.3, 0.4) is 0 Å². The van der Waals surface area contributed by atoms with Crippen molar-refractivity contribution in [2.75, 3.05) is 6.54 Å². The number of thiazole rings is 1. The second kappa shape index (κ2) is 4.82. The lowest BCUT2D eigenvalue weighted by atomic mass is 9.75. The molecule has 0 fully saturated rings. The smallest absolute Gasteiger partial charge is 0.107 e. The molecule has 4 heteroatoms. The fourth-order valence-electron chi connectivity index (χ4n) is 1.19. The first kappa shape index (κ1) is 13.6. The van der Waals surface area contributed by atoms with E-state index in [1.807, 2.05) is 6.92 Å². The Labute approximate surface area is 102 Å². The van der Waals surface area contributed by atoms with Gasteiger partial charge in [0.05, 0.1) is 0 Å². The number of hydrogen-bond acceptors (Lipinski definition) is 4. The normalized spacial score (nSPS) is 13.1. The highest BCUT2D eigenvalue weighted by Crippen LogP contribution is 2.27. The van der Waals surface area contributed by atoms with Crippen molar-refractivity contribution in [3.8, 4) is 0 Å². The summed E-state index contributed by atoms with van der Waals surface area (Å²) in [5.41, 5.74) is 7.13. The summed E-state index contributed by atoms with van der Waals surface area (Å²) in [6.45, 7) is 12.3. The lowest BCUT2D eigenvalue weighted by molar-refractivity contribution is 0.194. The number of nitrogens with zero attached hydrogens (tertiary/aromatic N) is 1. The highest BCUT2D eigenvalue weighted by atomic mass is 32.1. The molecule has 0 saturated carbocycles. The van der Waals surface area contributed by atoms with E-state index in [-0.39, 0.29) is 11.0 Å². The molecule has 92 valence electrons. The number of nitrogens with one attached hydrogen (secondary N) is 1. The van der Waals surface area contributed by atoms with Gasteiger partial charge in [-0.2, -0.15) is 0 Å². The lowest BCUT2D eigenvalue weighted by Crippen LogP contribution is -2.52. The average Bonchev–Trinajstić information content (AvgIpc) is 2.49. The molecule has 0 spiro atoms. The number of nitrogens with two attached hydrogens (primary N) is 1. The Morgan fingerprint density at radius 2 is 2.00 bits per heavy atom. The summed E-state index contributed by atoms with van der Waals surface area (Å²) in [7, 11) is 0. The van der Waals surface area contributed by atoms with Gasteiger partial charge < -0.3 is 11.1 Å². The Hall–Kier alpha value is -0.450. The van der Waals surface area contributed by atoms with Gasteiger partial charge in [0.15, 0.2) is 0 Å². The van der Waals surface area contributed by atoms with E-state index in [2.05, 4.69) is 43.4 Å². The number of rotatable bonds is 5. The van der Waals surface area contributed by atoms with Crippen LogP contribution >= 0.6 is 11.3 Å². The molecule has 0 aliphatic heterocycles. The largest absolute Gasteiger partial charge is 0.325 e. The summed E-state index contributed by atoms with van der Waals surface area (Å²) < 4.78 is 0. The van der Waals surface area contributed by atoms with Gasteiger partial charge in [0.25, 0.3) is 0 Å². The highest BCUT2D eigenvalue weighted by molar-refractivity contribution is 7.09. The fourth-order valence-corrected chi connectivity index (χ4v) is 1.94. The van der Waals surface area contributed by atoms with Crippen molar-refractivity contribution in [3.63, 3.8) is 0 Å². The van der Waals surface area contributed by atoms with Crippen LogP contribution in [0.15, 0.2) is 5.38 Å². The van der Waals surface area contributed by atoms with Crippen LogP contribution in [0.5, 0.6) is 0 Å². The zero-order valence-electron chi connectivity index (χ0n) is 10.9. The van der Waals surface area contributed by atoms with Crippen molar-refractivity contribution < 1.29 is 0 Å². The maximum Gasteiger partial charge on any atom is 0.107 e. The minimum Gasteiger partial charge on any atom is -0.325 e. The van der Waals surface area contributed by atoms with Crippen molar-refractivity contribution in [1.82, 2.24) is 10.3 Å². The van der Waals surface area contributed by atoms with Gasteiger partial charge in [-0.05, 0) is 26.2 Å². The quantitative estimate of drug-likeness (QED) is 0.831. The van der Waals surface area contributed by atoms with Gasteiger partial charge >= 0.3 is 0 Å². The van der Waals surface area contributed by atoms with E-state index in [0.717, 1.165) is 23.8 Å². The molecule has 0 atom stereocenters. The van der Waals surface area contributed by atoms with Gasteiger partial charge in [-0.3, -0.25) is 0 Å². The third-order valence-electron chi connectivity index (χ3n) is 3.25. The molecule has 0 bridgehead atoms. The summed E-state index contributed by atoms with van der Waals surface area (Å²) in [4.78, 5) is 4.42. The van der Waals surface area contributed by atoms with Crippen LogP contribution in [0.4, 0.5) is 0 Å². The second-order valence-electron chi connectivity index (χ2n) is 5.59. The van der Waals surface area contributed by atoms with Gasteiger partial charge in [-0.15, -0.1) is 11.3 Å². The fraction of sp³-hybridized carbons (Fsp3) is 0.750. The molecule has 3 N–H and O–H groups in total. The molecule has 0 radical (unpaired) electrons. The van der Waals surface area contributed by atoms with Crippen molar-refractivity contribution in [1.29, 1.82) is 0 Å².